The lowest BCUT2D eigenvalue weighted by Gasteiger charge is -2.28. The molecule has 0 aromatic rings. The minimum atomic E-state index is -1.61. The van der Waals surface area contributed by atoms with Gasteiger partial charge in [-0.3, -0.25) is 19.2 Å². The van der Waals surface area contributed by atoms with Crippen LogP contribution in [-0.2, 0) is 42.9 Å². The second-order valence-electron chi connectivity index (χ2n) is 6.03. The average Bonchev–Trinajstić information content (AvgIpc) is 2.99. The van der Waals surface area contributed by atoms with Gasteiger partial charge in [-0.25, -0.2) is 0 Å². The first-order chi connectivity index (χ1) is 13.3. The maximum Gasteiger partial charge on any atom is 0.306 e. The van der Waals surface area contributed by atoms with E-state index in [2.05, 4.69) is 0 Å². The van der Waals surface area contributed by atoms with Gasteiger partial charge in [0.05, 0.1) is 0 Å². The predicted octanol–water partition coefficient (Wildman–Crippen LogP) is 0.622. The molecule has 5 atom stereocenters. The first-order valence-corrected chi connectivity index (χ1v) is 9.34. The molecule has 0 radical (unpaired) electrons. The molecule has 1 fully saturated rings. The van der Waals surface area contributed by atoms with Crippen molar-refractivity contribution in [3.8, 4) is 0 Å². The highest BCUT2D eigenvalue weighted by Crippen LogP contribution is 2.30. The molecule has 1 rings (SSSR count). The Bertz CT molecular complexity index is 561. The van der Waals surface area contributed by atoms with Crippen LogP contribution in [0.25, 0.3) is 0 Å². The molecular formula is C18H28O10. The zero-order chi connectivity index (χ0) is 21.3. The maximum absolute atomic E-state index is 11.8. The van der Waals surface area contributed by atoms with Gasteiger partial charge in [0.1, 0.15) is 12.7 Å². The fraction of sp³-hybridized carbons (Fsp3) is 0.778. The predicted molar refractivity (Wildman–Crippen MR) is 92.6 cm³/mol. The number of hydrogen-bond donors (Lipinski definition) is 1. The van der Waals surface area contributed by atoms with Crippen LogP contribution in [0.4, 0.5) is 0 Å². The highest BCUT2D eigenvalue weighted by atomic mass is 16.7. The molecule has 0 saturated carbocycles. The molecule has 0 amide bonds. The van der Waals surface area contributed by atoms with Crippen molar-refractivity contribution in [1.82, 2.24) is 0 Å². The van der Waals surface area contributed by atoms with Gasteiger partial charge < -0.3 is 28.8 Å². The number of carbonyl (C=O) groups is 4. The Morgan fingerprint density at radius 2 is 1.32 bits per heavy atom. The summed E-state index contributed by atoms with van der Waals surface area (Å²) in [6, 6.07) is 0. The summed E-state index contributed by atoms with van der Waals surface area (Å²) in [5.41, 5.74) is 0. The molecule has 28 heavy (non-hydrogen) atoms. The molecule has 10 nitrogen and oxygen atoms in total. The number of rotatable bonds is 10. The topological polar surface area (TPSA) is 135 Å². The summed E-state index contributed by atoms with van der Waals surface area (Å²) in [6.07, 6.45) is -6.32. The van der Waals surface area contributed by atoms with E-state index in [9.17, 15) is 24.3 Å². The summed E-state index contributed by atoms with van der Waals surface area (Å²) in [7, 11) is 0. The van der Waals surface area contributed by atoms with Crippen LogP contribution in [0.15, 0.2) is 0 Å². The van der Waals surface area contributed by atoms with Crippen molar-refractivity contribution >= 4 is 23.9 Å². The van der Waals surface area contributed by atoms with E-state index in [0.717, 1.165) is 0 Å². The largest absolute Gasteiger partial charge is 0.462 e. The van der Waals surface area contributed by atoms with Crippen LogP contribution in [-0.4, -0.2) is 66.3 Å². The second-order valence-corrected chi connectivity index (χ2v) is 6.03. The van der Waals surface area contributed by atoms with Crippen LogP contribution in [0.5, 0.6) is 0 Å². The molecule has 0 aliphatic carbocycles. The summed E-state index contributed by atoms with van der Waals surface area (Å²) in [6.45, 7) is 5.92. The van der Waals surface area contributed by atoms with Gasteiger partial charge in [-0.15, -0.1) is 0 Å². The quantitative estimate of drug-likeness (QED) is 0.408. The molecule has 0 aromatic heterocycles. The van der Waals surface area contributed by atoms with Crippen LogP contribution in [0.1, 0.15) is 53.4 Å². The molecule has 0 aromatic carbocycles. The van der Waals surface area contributed by atoms with Gasteiger partial charge in [0.15, 0.2) is 24.6 Å². The van der Waals surface area contributed by atoms with Crippen molar-refractivity contribution in [3.05, 3.63) is 0 Å². The number of aliphatic hydroxyl groups excluding tert-OH is 1. The third-order valence-corrected chi connectivity index (χ3v) is 3.97. The lowest BCUT2D eigenvalue weighted by molar-refractivity contribution is -0.186. The molecule has 0 spiro atoms. The molecular weight excluding hydrogens is 376 g/mol. The molecule has 1 aliphatic heterocycles. The molecule has 10 heteroatoms. The Labute approximate surface area is 163 Å². The molecule has 1 saturated heterocycles. The van der Waals surface area contributed by atoms with Crippen molar-refractivity contribution in [1.29, 1.82) is 0 Å². The summed E-state index contributed by atoms with van der Waals surface area (Å²) in [4.78, 5) is 46.8. The molecule has 1 aliphatic rings. The zero-order valence-electron chi connectivity index (χ0n) is 16.5. The van der Waals surface area contributed by atoms with Gasteiger partial charge in [0.2, 0.25) is 0 Å². The number of ether oxygens (including phenoxy) is 5. The van der Waals surface area contributed by atoms with E-state index in [-0.39, 0.29) is 32.3 Å². The highest BCUT2D eigenvalue weighted by Gasteiger charge is 2.53. The number of carbonyl (C=O) groups excluding carboxylic acids is 4. The van der Waals surface area contributed by atoms with Crippen LogP contribution < -0.4 is 0 Å². The first kappa shape index (κ1) is 23.8. The number of esters is 4. The van der Waals surface area contributed by atoms with E-state index in [4.69, 9.17) is 23.7 Å². The summed E-state index contributed by atoms with van der Waals surface area (Å²) < 4.78 is 26.1. The fourth-order valence-corrected chi connectivity index (χ4v) is 2.42. The van der Waals surface area contributed by atoms with Gasteiger partial charge in [0.25, 0.3) is 0 Å². The van der Waals surface area contributed by atoms with Crippen LogP contribution >= 0.6 is 0 Å². The summed E-state index contributed by atoms with van der Waals surface area (Å²) in [5, 5.41) is 10.2. The summed E-state index contributed by atoms with van der Waals surface area (Å²) >= 11 is 0. The van der Waals surface area contributed by atoms with E-state index in [0.29, 0.717) is 0 Å². The average molecular weight is 404 g/mol. The minimum absolute atomic E-state index is 0.0258. The Morgan fingerprint density at radius 3 is 1.82 bits per heavy atom. The van der Waals surface area contributed by atoms with Gasteiger partial charge >= 0.3 is 23.9 Å². The molecule has 1 heterocycles. The fourth-order valence-electron chi connectivity index (χ4n) is 2.42. The first-order valence-electron chi connectivity index (χ1n) is 9.34. The third kappa shape index (κ3) is 6.75. The van der Waals surface area contributed by atoms with E-state index in [1.54, 1.807) is 27.7 Å². The second kappa shape index (κ2) is 11.6. The van der Waals surface area contributed by atoms with Gasteiger partial charge in [-0.05, 0) is 0 Å². The third-order valence-electron chi connectivity index (χ3n) is 3.97. The zero-order valence-corrected chi connectivity index (χ0v) is 16.5. The SMILES string of the molecule is CCC(=O)OC[C@@H](OC(=O)CC)[C@@H]1O[C@@H](O)[C@H](OC(=O)CC)[C@H]1OC(=O)CC. The standard InChI is InChI=1S/C18H28O10/c1-5-11(19)24-9-10(25-12(20)6-2)15-16(26-13(21)7-3)17(18(23)28-15)27-14(22)8-4/h10,15-18,23H,5-9H2,1-4H3/t10-,15+,16+,17-,18-/m1/s1. The molecule has 0 bridgehead atoms. The molecule has 160 valence electrons. The Kier molecular flexibility index (Phi) is 9.88. The van der Waals surface area contributed by atoms with E-state index < -0.39 is 54.6 Å². The minimum Gasteiger partial charge on any atom is -0.462 e. The van der Waals surface area contributed by atoms with Crippen molar-refractivity contribution in [3.63, 3.8) is 0 Å². The molecule has 1 N–H and O–H groups in total. The summed E-state index contributed by atoms with van der Waals surface area (Å²) in [5.74, 6) is -2.40. The van der Waals surface area contributed by atoms with Gasteiger partial charge in [0, 0.05) is 25.7 Å². The van der Waals surface area contributed by atoms with Crippen molar-refractivity contribution < 1.29 is 48.0 Å². The Hall–Kier alpha value is -2.20. The molecule has 0 unspecified atom stereocenters. The smallest absolute Gasteiger partial charge is 0.306 e. The van der Waals surface area contributed by atoms with Crippen LogP contribution in [0.2, 0.25) is 0 Å². The van der Waals surface area contributed by atoms with Crippen molar-refractivity contribution in [2.75, 3.05) is 6.61 Å². The normalized spacial score (nSPS) is 24.9. The van der Waals surface area contributed by atoms with Crippen LogP contribution in [0.3, 0.4) is 0 Å². The van der Waals surface area contributed by atoms with Gasteiger partial charge in [-0.2, -0.15) is 0 Å². The highest BCUT2D eigenvalue weighted by molar-refractivity contribution is 5.71. The number of hydrogen-bond acceptors (Lipinski definition) is 10. The Balaban J connectivity index is 3.10. The van der Waals surface area contributed by atoms with Crippen molar-refractivity contribution in [2.45, 2.75) is 84.1 Å². The van der Waals surface area contributed by atoms with E-state index >= 15 is 0 Å². The monoisotopic (exact) mass is 404 g/mol. The lowest BCUT2D eigenvalue weighted by Crippen LogP contribution is -2.47. The van der Waals surface area contributed by atoms with Gasteiger partial charge in [-0.1, -0.05) is 27.7 Å². The van der Waals surface area contributed by atoms with Crippen molar-refractivity contribution in [2.24, 2.45) is 0 Å². The Morgan fingerprint density at radius 1 is 0.821 bits per heavy atom. The lowest BCUT2D eigenvalue weighted by atomic mass is 10.1. The van der Waals surface area contributed by atoms with E-state index in [1.807, 2.05) is 0 Å². The van der Waals surface area contributed by atoms with Crippen LogP contribution in [0, 0.1) is 0 Å². The maximum atomic E-state index is 11.8. The van der Waals surface area contributed by atoms with E-state index in [1.165, 1.54) is 0 Å². The number of aliphatic hydroxyl groups is 1.